The van der Waals surface area contributed by atoms with Gasteiger partial charge in [0.2, 0.25) is 0 Å². The number of hydrogen-bond donors (Lipinski definition) is 4. The lowest BCUT2D eigenvalue weighted by atomic mass is 10.1. The monoisotopic (exact) mass is 192 g/mol. The van der Waals surface area contributed by atoms with E-state index in [0.29, 0.717) is 6.42 Å². The predicted octanol–water partition coefficient (Wildman–Crippen LogP) is -0.357. The van der Waals surface area contributed by atoms with Crippen LogP contribution in [0.25, 0.3) is 0 Å². The van der Waals surface area contributed by atoms with Gasteiger partial charge in [0.05, 0.1) is 18.8 Å². The Morgan fingerprint density at radius 2 is 1.54 bits per heavy atom. The van der Waals surface area contributed by atoms with Gasteiger partial charge in [-0.3, -0.25) is 0 Å². The van der Waals surface area contributed by atoms with Gasteiger partial charge in [0.15, 0.2) is 0 Å². The van der Waals surface area contributed by atoms with Gasteiger partial charge in [-0.25, -0.2) is 0 Å². The van der Waals surface area contributed by atoms with Crippen molar-refractivity contribution in [3.8, 4) is 0 Å². The van der Waals surface area contributed by atoms with Gasteiger partial charge in [-0.15, -0.1) is 0 Å². The molecule has 0 fully saturated rings. The standard InChI is InChI=1S/C9H20O4/c10-5-3-1-2-4-8(12)6-9(13)7-11/h8-13H,1-7H2. The third-order valence-electron chi connectivity index (χ3n) is 1.95. The highest BCUT2D eigenvalue weighted by Crippen LogP contribution is 2.08. The van der Waals surface area contributed by atoms with E-state index in [0.717, 1.165) is 19.3 Å². The Bertz CT molecular complexity index is 108. The molecule has 0 aliphatic carbocycles. The molecular formula is C9H20O4. The van der Waals surface area contributed by atoms with Crippen molar-refractivity contribution in [3.63, 3.8) is 0 Å². The third-order valence-corrected chi connectivity index (χ3v) is 1.95. The quantitative estimate of drug-likeness (QED) is 0.396. The molecule has 2 unspecified atom stereocenters. The van der Waals surface area contributed by atoms with Crippen molar-refractivity contribution >= 4 is 0 Å². The molecule has 0 spiro atoms. The highest BCUT2D eigenvalue weighted by atomic mass is 16.3. The Labute approximate surface area is 78.8 Å². The van der Waals surface area contributed by atoms with Crippen LogP contribution in [0.1, 0.15) is 32.1 Å². The second-order valence-electron chi connectivity index (χ2n) is 3.30. The van der Waals surface area contributed by atoms with E-state index in [2.05, 4.69) is 0 Å². The summed E-state index contributed by atoms with van der Waals surface area (Å²) < 4.78 is 0. The summed E-state index contributed by atoms with van der Waals surface area (Å²) in [5.41, 5.74) is 0. The zero-order valence-corrected chi connectivity index (χ0v) is 7.89. The number of hydrogen-bond acceptors (Lipinski definition) is 4. The summed E-state index contributed by atoms with van der Waals surface area (Å²) in [7, 11) is 0. The highest BCUT2D eigenvalue weighted by molar-refractivity contribution is 4.62. The SMILES string of the molecule is OCCCCCC(O)CC(O)CO. The van der Waals surface area contributed by atoms with Crippen molar-refractivity contribution in [2.45, 2.75) is 44.3 Å². The van der Waals surface area contributed by atoms with Gasteiger partial charge in [0.25, 0.3) is 0 Å². The second kappa shape index (κ2) is 8.44. The fourth-order valence-corrected chi connectivity index (χ4v) is 1.17. The minimum absolute atomic E-state index is 0.190. The lowest BCUT2D eigenvalue weighted by molar-refractivity contribution is 0.0378. The average Bonchev–Trinajstić information content (AvgIpc) is 2.12. The summed E-state index contributed by atoms with van der Waals surface area (Å²) >= 11 is 0. The molecule has 4 N–H and O–H groups in total. The maximum atomic E-state index is 9.32. The molecule has 2 atom stereocenters. The topological polar surface area (TPSA) is 80.9 Å². The van der Waals surface area contributed by atoms with Crippen LogP contribution in [0.3, 0.4) is 0 Å². The molecule has 4 heteroatoms. The fraction of sp³-hybridized carbons (Fsp3) is 1.00. The lowest BCUT2D eigenvalue weighted by Gasteiger charge is -2.13. The number of rotatable bonds is 8. The van der Waals surface area contributed by atoms with Gasteiger partial charge in [-0.05, 0) is 12.8 Å². The summed E-state index contributed by atoms with van der Waals surface area (Å²) in [6, 6.07) is 0. The molecule has 0 amide bonds. The van der Waals surface area contributed by atoms with Gasteiger partial charge in [0.1, 0.15) is 0 Å². The zero-order chi connectivity index (χ0) is 10.1. The van der Waals surface area contributed by atoms with Crippen LogP contribution in [-0.2, 0) is 0 Å². The molecular weight excluding hydrogens is 172 g/mol. The predicted molar refractivity (Wildman–Crippen MR) is 49.3 cm³/mol. The molecule has 80 valence electrons. The molecule has 4 nitrogen and oxygen atoms in total. The van der Waals surface area contributed by atoms with E-state index in [1.165, 1.54) is 0 Å². The third kappa shape index (κ3) is 8.18. The first kappa shape index (κ1) is 12.8. The van der Waals surface area contributed by atoms with E-state index in [4.69, 9.17) is 15.3 Å². The van der Waals surface area contributed by atoms with Crippen LogP contribution in [0.15, 0.2) is 0 Å². The van der Waals surface area contributed by atoms with Crippen molar-refractivity contribution in [1.29, 1.82) is 0 Å². The minimum atomic E-state index is -0.812. The van der Waals surface area contributed by atoms with Crippen LogP contribution in [0, 0.1) is 0 Å². The molecule has 0 saturated heterocycles. The first-order valence-corrected chi connectivity index (χ1v) is 4.78. The van der Waals surface area contributed by atoms with Crippen molar-refractivity contribution in [1.82, 2.24) is 0 Å². The molecule has 0 bridgehead atoms. The lowest BCUT2D eigenvalue weighted by Crippen LogP contribution is -2.20. The molecule has 13 heavy (non-hydrogen) atoms. The first-order chi connectivity index (χ1) is 6.20. The van der Waals surface area contributed by atoms with E-state index >= 15 is 0 Å². The van der Waals surface area contributed by atoms with Gasteiger partial charge in [0, 0.05) is 13.0 Å². The zero-order valence-electron chi connectivity index (χ0n) is 7.89. The number of unbranched alkanes of at least 4 members (excludes halogenated alkanes) is 2. The van der Waals surface area contributed by atoms with Crippen molar-refractivity contribution in [3.05, 3.63) is 0 Å². The molecule has 0 saturated carbocycles. The molecule has 0 heterocycles. The second-order valence-corrected chi connectivity index (χ2v) is 3.30. The molecule has 0 aromatic carbocycles. The van der Waals surface area contributed by atoms with Crippen molar-refractivity contribution in [2.24, 2.45) is 0 Å². The van der Waals surface area contributed by atoms with Gasteiger partial charge < -0.3 is 20.4 Å². The maximum Gasteiger partial charge on any atom is 0.0795 e. The Balaban J connectivity index is 3.24. The Morgan fingerprint density at radius 3 is 2.08 bits per heavy atom. The number of aliphatic hydroxyl groups is 4. The molecule has 0 rings (SSSR count). The smallest absolute Gasteiger partial charge is 0.0795 e. The van der Waals surface area contributed by atoms with Crippen LogP contribution in [0.5, 0.6) is 0 Å². The Kier molecular flexibility index (Phi) is 8.33. The van der Waals surface area contributed by atoms with E-state index in [1.807, 2.05) is 0 Å². The van der Waals surface area contributed by atoms with Crippen LogP contribution < -0.4 is 0 Å². The normalized spacial score (nSPS) is 15.7. The number of aliphatic hydroxyl groups excluding tert-OH is 4. The highest BCUT2D eigenvalue weighted by Gasteiger charge is 2.09. The van der Waals surface area contributed by atoms with Gasteiger partial charge >= 0.3 is 0 Å². The Hall–Kier alpha value is -0.160. The molecule has 0 radical (unpaired) electrons. The average molecular weight is 192 g/mol. The van der Waals surface area contributed by atoms with E-state index in [9.17, 15) is 5.11 Å². The fourth-order valence-electron chi connectivity index (χ4n) is 1.17. The summed E-state index contributed by atoms with van der Waals surface area (Å²) in [5.74, 6) is 0. The maximum absolute atomic E-state index is 9.32. The Morgan fingerprint density at radius 1 is 0.846 bits per heavy atom. The van der Waals surface area contributed by atoms with Crippen molar-refractivity contribution < 1.29 is 20.4 Å². The van der Waals surface area contributed by atoms with Gasteiger partial charge in [-0.2, -0.15) is 0 Å². The summed E-state index contributed by atoms with van der Waals surface area (Å²) in [5, 5.41) is 35.3. The van der Waals surface area contributed by atoms with Crippen LogP contribution in [0.4, 0.5) is 0 Å². The molecule has 0 aromatic heterocycles. The van der Waals surface area contributed by atoms with Crippen molar-refractivity contribution in [2.75, 3.05) is 13.2 Å². The van der Waals surface area contributed by atoms with E-state index in [-0.39, 0.29) is 19.6 Å². The van der Waals surface area contributed by atoms with Crippen LogP contribution in [-0.4, -0.2) is 45.8 Å². The molecule has 0 aliphatic rings. The van der Waals surface area contributed by atoms with Crippen LogP contribution in [0.2, 0.25) is 0 Å². The molecule has 0 aliphatic heterocycles. The summed E-state index contributed by atoms with van der Waals surface area (Å²) in [4.78, 5) is 0. The summed E-state index contributed by atoms with van der Waals surface area (Å²) in [6.07, 6.45) is 2.00. The van der Waals surface area contributed by atoms with E-state index < -0.39 is 12.2 Å². The molecule has 0 aromatic rings. The van der Waals surface area contributed by atoms with Crippen LogP contribution >= 0.6 is 0 Å². The van der Waals surface area contributed by atoms with E-state index in [1.54, 1.807) is 0 Å². The largest absolute Gasteiger partial charge is 0.396 e. The van der Waals surface area contributed by atoms with Gasteiger partial charge in [-0.1, -0.05) is 12.8 Å². The first-order valence-electron chi connectivity index (χ1n) is 4.78. The summed E-state index contributed by atoms with van der Waals surface area (Å²) in [6.45, 7) is -0.108. The minimum Gasteiger partial charge on any atom is -0.396 e.